The molecule has 3 unspecified atom stereocenters. The zero-order chi connectivity index (χ0) is 26.4. The van der Waals surface area contributed by atoms with Crippen LogP contribution in [-0.4, -0.2) is 66.0 Å². The Hall–Kier alpha value is -3.67. The molecule has 12 heteroatoms. The molecule has 3 atom stereocenters. The van der Waals surface area contributed by atoms with Gasteiger partial charge in [-0.3, -0.25) is 19.4 Å². The molecule has 194 valence electrons. The molecule has 1 aromatic rings. The van der Waals surface area contributed by atoms with Crippen molar-refractivity contribution in [3.8, 4) is 0 Å². The second-order valence-corrected chi connectivity index (χ2v) is 8.61. The van der Waals surface area contributed by atoms with Crippen molar-refractivity contribution in [1.29, 1.82) is 0 Å². The van der Waals surface area contributed by atoms with Crippen molar-refractivity contribution in [2.24, 2.45) is 28.1 Å². The van der Waals surface area contributed by atoms with Gasteiger partial charge in [0.05, 0.1) is 12.6 Å². The van der Waals surface area contributed by atoms with Crippen LogP contribution in [0.3, 0.4) is 0 Å². The van der Waals surface area contributed by atoms with Crippen LogP contribution in [0.4, 0.5) is 0 Å². The lowest BCUT2D eigenvalue weighted by molar-refractivity contribution is -0.142. The predicted molar refractivity (Wildman–Crippen MR) is 132 cm³/mol. The number of carboxylic acid groups (broad SMARTS) is 1. The summed E-state index contributed by atoms with van der Waals surface area (Å²) in [5, 5.41) is 17.0. The molecular weight excluding hydrogens is 454 g/mol. The van der Waals surface area contributed by atoms with Crippen LogP contribution in [0.25, 0.3) is 0 Å². The van der Waals surface area contributed by atoms with Gasteiger partial charge >= 0.3 is 5.97 Å². The van der Waals surface area contributed by atoms with Gasteiger partial charge in [-0.05, 0) is 30.7 Å². The summed E-state index contributed by atoms with van der Waals surface area (Å²) in [5.41, 5.74) is 17.1. The molecule has 0 fully saturated rings. The second-order valence-electron chi connectivity index (χ2n) is 8.61. The molecule has 12 nitrogen and oxygen atoms in total. The number of nitrogens with zero attached hydrogens (tertiary/aromatic N) is 1. The number of aliphatic imine (C=N–C) groups is 1. The predicted octanol–water partition coefficient (Wildman–Crippen LogP) is -1.17. The number of carbonyl (C=O) groups excluding carboxylic acids is 3. The molecule has 0 aliphatic rings. The van der Waals surface area contributed by atoms with E-state index in [0.29, 0.717) is 19.4 Å². The number of benzene rings is 1. The topological polar surface area (TPSA) is 215 Å². The van der Waals surface area contributed by atoms with Crippen molar-refractivity contribution in [2.45, 2.75) is 57.7 Å². The summed E-state index contributed by atoms with van der Waals surface area (Å²) in [4.78, 5) is 52.9. The van der Waals surface area contributed by atoms with E-state index in [4.69, 9.17) is 17.2 Å². The molecule has 0 aromatic heterocycles. The Balaban J connectivity index is 2.73. The molecule has 0 bridgehead atoms. The number of hydrogen-bond acceptors (Lipinski definition) is 6. The number of nitrogens with one attached hydrogen (secondary N) is 3. The Bertz CT molecular complexity index is 872. The third kappa shape index (κ3) is 12.4. The van der Waals surface area contributed by atoms with E-state index in [-0.39, 0.29) is 24.7 Å². The van der Waals surface area contributed by atoms with Crippen LogP contribution in [0.5, 0.6) is 0 Å². The summed E-state index contributed by atoms with van der Waals surface area (Å²) < 4.78 is 0. The van der Waals surface area contributed by atoms with E-state index in [1.165, 1.54) is 0 Å². The first-order valence-corrected chi connectivity index (χ1v) is 11.4. The van der Waals surface area contributed by atoms with Gasteiger partial charge in [-0.15, -0.1) is 0 Å². The first-order valence-electron chi connectivity index (χ1n) is 11.4. The lowest BCUT2D eigenvalue weighted by Crippen LogP contribution is -2.54. The maximum absolute atomic E-state index is 12.9. The molecule has 0 aliphatic carbocycles. The number of nitrogens with two attached hydrogens (primary N) is 3. The van der Waals surface area contributed by atoms with Crippen LogP contribution >= 0.6 is 0 Å². The molecule has 35 heavy (non-hydrogen) atoms. The van der Waals surface area contributed by atoms with Crippen LogP contribution in [0, 0.1) is 5.92 Å². The number of carboxylic acids is 1. The van der Waals surface area contributed by atoms with E-state index in [0.717, 1.165) is 5.56 Å². The van der Waals surface area contributed by atoms with Crippen molar-refractivity contribution >= 4 is 29.7 Å². The van der Waals surface area contributed by atoms with Gasteiger partial charge in [0.2, 0.25) is 17.7 Å². The summed E-state index contributed by atoms with van der Waals surface area (Å²) in [6, 6.07) is 6.00. The first kappa shape index (κ1) is 29.4. The summed E-state index contributed by atoms with van der Waals surface area (Å²) in [5.74, 6) is -2.93. The fourth-order valence-corrected chi connectivity index (χ4v) is 3.22. The molecule has 0 aliphatic heterocycles. The highest BCUT2D eigenvalue weighted by Crippen LogP contribution is 2.08. The van der Waals surface area contributed by atoms with Crippen LogP contribution in [0.1, 0.15) is 38.7 Å². The average Bonchev–Trinajstić information content (AvgIpc) is 2.79. The molecule has 3 amide bonds. The van der Waals surface area contributed by atoms with Gasteiger partial charge in [0.25, 0.3) is 0 Å². The smallest absolute Gasteiger partial charge is 0.326 e. The van der Waals surface area contributed by atoms with Crippen molar-refractivity contribution in [3.63, 3.8) is 0 Å². The molecule has 10 N–H and O–H groups in total. The highest BCUT2D eigenvalue weighted by atomic mass is 16.4. The molecular formula is C23H37N7O5. The highest BCUT2D eigenvalue weighted by Gasteiger charge is 2.27. The standard InChI is InChI=1S/C23H37N7O5/c1-14(2)11-18(22(34)35)30-21(33)17(12-15-7-4-3-5-8-15)29-19(31)13-28-20(32)16(24)9-6-10-27-23(25)26/h3-5,7-8,14,16-18H,6,9-13,24H2,1-2H3,(H,28,32)(H,29,31)(H,30,33)(H,34,35)(H4,25,26,27). The number of rotatable bonds is 15. The lowest BCUT2D eigenvalue weighted by Gasteiger charge is -2.23. The van der Waals surface area contributed by atoms with Crippen LogP contribution in [0.2, 0.25) is 0 Å². The third-order valence-electron chi connectivity index (χ3n) is 4.98. The Kier molecular flexibility index (Phi) is 12.8. The summed E-state index contributed by atoms with van der Waals surface area (Å²) in [6.45, 7) is 3.63. The van der Waals surface area contributed by atoms with Gasteiger partial charge in [-0.1, -0.05) is 44.2 Å². The van der Waals surface area contributed by atoms with Crippen molar-refractivity contribution in [1.82, 2.24) is 16.0 Å². The minimum Gasteiger partial charge on any atom is -0.480 e. The van der Waals surface area contributed by atoms with Gasteiger partial charge in [-0.25, -0.2) is 4.79 Å². The maximum atomic E-state index is 12.9. The van der Waals surface area contributed by atoms with Gasteiger partial charge in [0.1, 0.15) is 12.1 Å². The highest BCUT2D eigenvalue weighted by molar-refractivity contribution is 5.92. The van der Waals surface area contributed by atoms with Crippen LogP contribution in [0.15, 0.2) is 35.3 Å². The molecule has 0 heterocycles. The summed E-state index contributed by atoms with van der Waals surface area (Å²) in [6.07, 6.45) is 1.18. The van der Waals surface area contributed by atoms with Crippen LogP contribution < -0.4 is 33.2 Å². The Morgan fingerprint density at radius 2 is 1.66 bits per heavy atom. The number of hydrogen-bond donors (Lipinski definition) is 7. The molecule has 0 saturated carbocycles. The van der Waals surface area contributed by atoms with Crippen molar-refractivity contribution in [2.75, 3.05) is 13.1 Å². The van der Waals surface area contributed by atoms with E-state index in [1.807, 2.05) is 19.9 Å². The second kappa shape index (κ2) is 15.3. The Morgan fingerprint density at radius 3 is 2.23 bits per heavy atom. The quantitative estimate of drug-likeness (QED) is 0.0898. The van der Waals surface area contributed by atoms with E-state index < -0.39 is 48.4 Å². The Labute approximate surface area is 205 Å². The average molecular weight is 492 g/mol. The summed E-state index contributed by atoms with van der Waals surface area (Å²) >= 11 is 0. The fourth-order valence-electron chi connectivity index (χ4n) is 3.22. The zero-order valence-corrected chi connectivity index (χ0v) is 20.2. The van der Waals surface area contributed by atoms with Gasteiger partial charge in [0.15, 0.2) is 5.96 Å². The number of aliphatic carboxylic acids is 1. The first-order chi connectivity index (χ1) is 16.5. The Morgan fingerprint density at radius 1 is 1.00 bits per heavy atom. The largest absolute Gasteiger partial charge is 0.480 e. The third-order valence-corrected chi connectivity index (χ3v) is 4.98. The van der Waals surface area contributed by atoms with Crippen LogP contribution in [-0.2, 0) is 25.6 Å². The van der Waals surface area contributed by atoms with E-state index in [1.54, 1.807) is 24.3 Å². The summed E-state index contributed by atoms with van der Waals surface area (Å²) in [7, 11) is 0. The van der Waals surface area contributed by atoms with E-state index in [9.17, 15) is 24.3 Å². The lowest BCUT2D eigenvalue weighted by atomic mass is 10.0. The SMILES string of the molecule is CC(C)CC(NC(=O)C(Cc1ccccc1)NC(=O)CNC(=O)C(N)CCCN=C(N)N)C(=O)O. The normalized spacial score (nSPS) is 13.3. The van der Waals surface area contributed by atoms with Crippen molar-refractivity contribution < 1.29 is 24.3 Å². The molecule has 0 radical (unpaired) electrons. The molecule has 0 saturated heterocycles. The van der Waals surface area contributed by atoms with Gasteiger partial charge in [-0.2, -0.15) is 0 Å². The minimum atomic E-state index is -1.15. The van der Waals surface area contributed by atoms with Crippen molar-refractivity contribution in [3.05, 3.63) is 35.9 Å². The molecule has 1 aromatic carbocycles. The molecule has 1 rings (SSSR count). The maximum Gasteiger partial charge on any atom is 0.326 e. The van der Waals surface area contributed by atoms with E-state index >= 15 is 0 Å². The number of guanidine groups is 1. The number of amides is 3. The minimum absolute atomic E-state index is 0.0393. The fraction of sp³-hybridized carbons (Fsp3) is 0.522. The molecule has 0 spiro atoms. The van der Waals surface area contributed by atoms with E-state index in [2.05, 4.69) is 20.9 Å². The monoisotopic (exact) mass is 491 g/mol. The van der Waals surface area contributed by atoms with Gasteiger partial charge in [0, 0.05) is 13.0 Å². The zero-order valence-electron chi connectivity index (χ0n) is 20.2. The number of carbonyl (C=O) groups is 4. The van der Waals surface area contributed by atoms with Gasteiger partial charge < -0.3 is 38.3 Å².